The highest BCUT2D eigenvalue weighted by Crippen LogP contribution is 2.15. The Bertz CT molecular complexity index is 347. The molecule has 5 heteroatoms. The van der Waals surface area contributed by atoms with E-state index in [9.17, 15) is 0 Å². The van der Waals surface area contributed by atoms with Gasteiger partial charge in [0, 0.05) is 18.1 Å². The van der Waals surface area contributed by atoms with Crippen LogP contribution in [0.5, 0.6) is 0 Å². The molecule has 0 radical (unpaired) electrons. The van der Waals surface area contributed by atoms with E-state index in [-0.39, 0.29) is 24.0 Å². The number of halogens is 2. The first-order valence-electron chi connectivity index (χ1n) is 5.53. The van der Waals surface area contributed by atoms with Crippen LogP contribution in [-0.2, 0) is 6.54 Å². The van der Waals surface area contributed by atoms with Gasteiger partial charge in [0.05, 0.1) is 6.54 Å². The number of guanidine groups is 1. The molecule has 96 valence electrons. The van der Waals surface area contributed by atoms with Gasteiger partial charge in [-0.3, -0.25) is 0 Å². The highest BCUT2D eigenvalue weighted by molar-refractivity contribution is 14.0. The Morgan fingerprint density at radius 1 is 1.18 bits per heavy atom. The molecule has 0 amide bonds. The van der Waals surface area contributed by atoms with Crippen molar-refractivity contribution < 1.29 is 0 Å². The van der Waals surface area contributed by atoms with Gasteiger partial charge in [0.25, 0.3) is 0 Å². The Kier molecular flexibility index (Phi) is 9.26. The van der Waals surface area contributed by atoms with E-state index in [4.69, 9.17) is 11.6 Å². The molecule has 1 aromatic carbocycles. The molecule has 0 fully saturated rings. The number of benzene rings is 1. The normalized spacial score (nSPS) is 9.12. The number of rotatable bonds is 4. The Hall–Kier alpha value is -0.490. The predicted octanol–water partition coefficient (Wildman–Crippen LogP) is 3.03. The summed E-state index contributed by atoms with van der Waals surface area (Å²) < 4.78 is 0. The second kappa shape index (κ2) is 9.53. The van der Waals surface area contributed by atoms with E-state index in [2.05, 4.69) is 15.6 Å². The summed E-state index contributed by atoms with van der Waals surface area (Å²) in [4.78, 5) is 4.44. The zero-order valence-electron chi connectivity index (χ0n) is 10.2. The van der Waals surface area contributed by atoms with Gasteiger partial charge in [-0.2, -0.15) is 0 Å². The number of hydrogen-bond acceptors (Lipinski definition) is 1. The maximum absolute atomic E-state index is 6.05. The summed E-state index contributed by atoms with van der Waals surface area (Å²) in [5.74, 6) is 0.824. The van der Waals surface area contributed by atoms with Crippen LogP contribution in [0.3, 0.4) is 0 Å². The number of nitrogens with one attached hydrogen (secondary N) is 2. The van der Waals surface area contributed by atoms with Crippen LogP contribution in [0.25, 0.3) is 0 Å². The van der Waals surface area contributed by atoms with Crippen molar-refractivity contribution in [1.82, 2.24) is 10.6 Å². The molecule has 0 aliphatic heterocycles. The summed E-state index contributed by atoms with van der Waals surface area (Å²) in [6, 6.07) is 7.76. The predicted molar refractivity (Wildman–Crippen MR) is 85.4 cm³/mol. The molecule has 1 rings (SSSR count). The molecule has 0 unspecified atom stereocenters. The van der Waals surface area contributed by atoms with Crippen molar-refractivity contribution in [2.75, 3.05) is 13.1 Å². The highest BCUT2D eigenvalue weighted by atomic mass is 127. The summed E-state index contributed by atoms with van der Waals surface area (Å²) in [6.07, 6.45) is 0. The third-order valence-corrected chi connectivity index (χ3v) is 2.42. The van der Waals surface area contributed by atoms with Crippen molar-refractivity contribution in [3.63, 3.8) is 0 Å². The van der Waals surface area contributed by atoms with Crippen molar-refractivity contribution in [2.45, 2.75) is 20.4 Å². The molecular formula is C12H19ClIN3. The molecule has 0 heterocycles. The van der Waals surface area contributed by atoms with E-state index in [0.29, 0.717) is 6.54 Å². The van der Waals surface area contributed by atoms with E-state index >= 15 is 0 Å². The Morgan fingerprint density at radius 2 is 1.76 bits per heavy atom. The molecule has 2 N–H and O–H groups in total. The smallest absolute Gasteiger partial charge is 0.191 e. The van der Waals surface area contributed by atoms with Crippen molar-refractivity contribution in [3.05, 3.63) is 34.9 Å². The minimum absolute atomic E-state index is 0. The van der Waals surface area contributed by atoms with Crippen LogP contribution in [-0.4, -0.2) is 19.0 Å². The van der Waals surface area contributed by atoms with Crippen LogP contribution < -0.4 is 10.6 Å². The minimum atomic E-state index is 0. The largest absolute Gasteiger partial charge is 0.357 e. The number of hydrogen-bond donors (Lipinski definition) is 2. The number of nitrogens with zero attached hydrogens (tertiary/aromatic N) is 1. The van der Waals surface area contributed by atoms with Gasteiger partial charge in [0.2, 0.25) is 0 Å². The lowest BCUT2D eigenvalue weighted by Gasteiger charge is -2.09. The quantitative estimate of drug-likeness (QED) is 0.487. The van der Waals surface area contributed by atoms with Gasteiger partial charge in [-0.25, -0.2) is 4.99 Å². The molecule has 0 aromatic heterocycles. The van der Waals surface area contributed by atoms with Gasteiger partial charge in [-0.1, -0.05) is 29.8 Å². The van der Waals surface area contributed by atoms with Gasteiger partial charge in [0.15, 0.2) is 5.96 Å². The number of aliphatic imine (C=N–C) groups is 1. The fourth-order valence-electron chi connectivity index (χ4n) is 1.30. The van der Waals surface area contributed by atoms with Gasteiger partial charge < -0.3 is 10.6 Å². The van der Waals surface area contributed by atoms with E-state index in [1.165, 1.54) is 0 Å². The average Bonchev–Trinajstić information content (AvgIpc) is 2.28. The molecule has 0 atom stereocenters. The second-order valence-electron chi connectivity index (χ2n) is 3.32. The van der Waals surface area contributed by atoms with Crippen LogP contribution >= 0.6 is 35.6 Å². The molecule has 17 heavy (non-hydrogen) atoms. The van der Waals surface area contributed by atoms with Crippen molar-refractivity contribution in [3.8, 4) is 0 Å². The van der Waals surface area contributed by atoms with Gasteiger partial charge in [-0.05, 0) is 25.5 Å². The van der Waals surface area contributed by atoms with E-state index in [1.54, 1.807) is 0 Å². The lowest BCUT2D eigenvalue weighted by atomic mass is 10.2. The first-order valence-corrected chi connectivity index (χ1v) is 5.91. The Labute approximate surface area is 125 Å². The maximum Gasteiger partial charge on any atom is 0.191 e. The molecule has 0 bridgehead atoms. The first-order chi connectivity index (χ1) is 7.77. The van der Waals surface area contributed by atoms with Gasteiger partial charge in [-0.15, -0.1) is 24.0 Å². The second-order valence-corrected chi connectivity index (χ2v) is 3.72. The minimum Gasteiger partial charge on any atom is -0.357 e. The van der Waals surface area contributed by atoms with Gasteiger partial charge >= 0.3 is 0 Å². The lowest BCUT2D eigenvalue weighted by molar-refractivity contribution is 0.839. The standard InChI is InChI=1S/C12H18ClN3.HI/c1-3-14-12(15-4-2)16-9-10-7-5-6-8-11(10)13;/h5-8H,3-4,9H2,1-2H3,(H2,14,15,16);1H. The van der Waals surface area contributed by atoms with Crippen molar-refractivity contribution in [2.24, 2.45) is 4.99 Å². The first kappa shape index (κ1) is 16.5. The SMILES string of the molecule is CCNC(=NCc1ccccc1Cl)NCC.I. The third-order valence-electron chi connectivity index (χ3n) is 2.05. The van der Waals surface area contributed by atoms with Crippen molar-refractivity contribution in [1.29, 1.82) is 0 Å². The average molecular weight is 368 g/mol. The molecule has 0 aliphatic rings. The van der Waals surface area contributed by atoms with Crippen LogP contribution in [0.1, 0.15) is 19.4 Å². The van der Waals surface area contributed by atoms with E-state index < -0.39 is 0 Å². The topological polar surface area (TPSA) is 36.4 Å². The third kappa shape index (κ3) is 6.12. The Balaban J connectivity index is 0.00000256. The van der Waals surface area contributed by atoms with E-state index in [0.717, 1.165) is 29.6 Å². The van der Waals surface area contributed by atoms with Crippen molar-refractivity contribution >= 4 is 41.5 Å². The lowest BCUT2D eigenvalue weighted by Crippen LogP contribution is -2.36. The molecule has 3 nitrogen and oxygen atoms in total. The molecule has 0 saturated carbocycles. The highest BCUT2D eigenvalue weighted by Gasteiger charge is 1.98. The summed E-state index contributed by atoms with van der Waals surface area (Å²) in [7, 11) is 0. The zero-order valence-corrected chi connectivity index (χ0v) is 13.3. The zero-order chi connectivity index (χ0) is 11.8. The fourth-order valence-corrected chi connectivity index (χ4v) is 1.50. The summed E-state index contributed by atoms with van der Waals surface area (Å²) in [5, 5.41) is 7.10. The van der Waals surface area contributed by atoms with Crippen LogP contribution in [0.4, 0.5) is 0 Å². The molecule has 1 aromatic rings. The fraction of sp³-hybridized carbons (Fsp3) is 0.417. The molecule has 0 spiro atoms. The maximum atomic E-state index is 6.05. The molecule has 0 saturated heterocycles. The molecule has 0 aliphatic carbocycles. The van der Waals surface area contributed by atoms with Crippen LogP contribution in [0.15, 0.2) is 29.3 Å². The summed E-state index contributed by atoms with van der Waals surface area (Å²) in [5.41, 5.74) is 1.04. The van der Waals surface area contributed by atoms with Crippen LogP contribution in [0, 0.1) is 0 Å². The Morgan fingerprint density at radius 3 is 2.29 bits per heavy atom. The van der Waals surface area contributed by atoms with Gasteiger partial charge in [0.1, 0.15) is 0 Å². The van der Waals surface area contributed by atoms with Crippen LogP contribution in [0.2, 0.25) is 5.02 Å². The summed E-state index contributed by atoms with van der Waals surface area (Å²) >= 11 is 6.05. The molecular weight excluding hydrogens is 349 g/mol. The monoisotopic (exact) mass is 367 g/mol. The summed E-state index contributed by atoms with van der Waals surface area (Å²) in [6.45, 7) is 6.39. The van der Waals surface area contributed by atoms with E-state index in [1.807, 2.05) is 38.1 Å².